The number of anilines is 1. The molecule has 5 nitrogen and oxygen atoms in total. The van der Waals surface area contributed by atoms with Crippen LogP contribution in [0.15, 0.2) is 55.1 Å². The predicted molar refractivity (Wildman–Crippen MR) is 142 cm³/mol. The Morgan fingerprint density at radius 2 is 2.14 bits per heavy atom. The van der Waals surface area contributed by atoms with Gasteiger partial charge in [-0.3, -0.25) is 4.79 Å². The largest absolute Gasteiger partial charge is 0.508 e. The number of hydrogen-bond acceptors (Lipinski definition) is 5. The van der Waals surface area contributed by atoms with Crippen molar-refractivity contribution in [1.82, 2.24) is 9.27 Å². The van der Waals surface area contributed by atoms with Crippen LogP contribution in [0.4, 0.5) is 9.39 Å². The first kappa shape index (κ1) is 23.6. The summed E-state index contributed by atoms with van der Waals surface area (Å²) in [7, 11) is 0. The van der Waals surface area contributed by atoms with Crippen LogP contribution in [0.1, 0.15) is 19.8 Å². The molecule has 35 heavy (non-hydrogen) atoms. The van der Waals surface area contributed by atoms with Crippen LogP contribution in [0, 0.1) is 5.82 Å². The van der Waals surface area contributed by atoms with E-state index in [4.69, 9.17) is 11.6 Å². The summed E-state index contributed by atoms with van der Waals surface area (Å²) in [6.45, 7) is 7.69. The summed E-state index contributed by atoms with van der Waals surface area (Å²) in [4.78, 5) is 16.3. The van der Waals surface area contributed by atoms with E-state index in [1.54, 1.807) is 12.1 Å². The maximum absolute atomic E-state index is 16.0. The number of rotatable bonds is 6. The summed E-state index contributed by atoms with van der Waals surface area (Å²) < 4.78 is 20.4. The van der Waals surface area contributed by atoms with Gasteiger partial charge in [-0.05, 0) is 71.9 Å². The van der Waals surface area contributed by atoms with Gasteiger partial charge in [0.05, 0.1) is 5.02 Å². The van der Waals surface area contributed by atoms with E-state index in [1.807, 2.05) is 36.1 Å². The Kier molecular flexibility index (Phi) is 6.38. The van der Waals surface area contributed by atoms with Crippen LogP contribution in [0.3, 0.4) is 0 Å². The standard InChI is InChI=1S/C27H25ClFN3O2S/c1-3-23(34)32-11-7-9-17(32)15-31(4-2)27-21-14-22(28)24(25(29)26(21)30-35-27)20-13-18(33)12-16-8-5-6-10-19(16)20/h3,5-6,8,10,12-14,17,33H,1,4,7,9,11,15H2,2H3/t17-/m0/s1. The molecule has 1 saturated heterocycles. The molecule has 1 aliphatic heterocycles. The second-order valence-electron chi connectivity index (χ2n) is 8.72. The molecule has 2 heterocycles. The average Bonchev–Trinajstić information content (AvgIpc) is 3.49. The highest BCUT2D eigenvalue weighted by Gasteiger charge is 2.30. The van der Waals surface area contributed by atoms with Crippen molar-refractivity contribution in [3.8, 4) is 16.9 Å². The topological polar surface area (TPSA) is 56.7 Å². The van der Waals surface area contributed by atoms with Crippen molar-refractivity contribution in [3.05, 3.63) is 66.0 Å². The van der Waals surface area contributed by atoms with Gasteiger partial charge in [-0.15, -0.1) is 0 Å². The van der Waals surface area contributed by atoms with E-state index in [1.165, 1.54) is 23.7 Å². The molecule has 0 saturated carbocycles. The van der Waals surface area contributed by atoms with Gasteiger partial charge >= 0.3 is 0 Å². The van der Waals surface area contributed by atoms with Crippen molar-refractivity contribution in [3.63, 3.8) is 0 Å². The molecule has 1 amide bonds. The van der Waals surface area contributed by atoms with Crippen LogP contribution in [0.5, 0.6) is 5.75 Å². The highest BCUT2D eigenvalue weighted by atomic mass is 35.5. The number of hydrogen-bond donors (Lipinski definition) is 1. The lowest BCUT2D eigenvalue weighted by atomic mass is 9.96. The van der Waals surface area contributed by atoms with Gasteiger partial charge in [0.15, 0.2) is 5.82 Å². The third-order valence-corrected chi connectivity index (χ3v) is 7.92. The summed E-state index contributed by atoms with van der Waals surface area (Å²) >= 11 is 7.93. The van der Waals surface area contributed by atoms with Crippen LogP contribution in [-0.2, 0) is 4.79 Å². The van der Waals surface area contributed by atoms with Crippen molar-refractivity contribution >= 4 is 55.7 Å². The third kappa shape index (κ3) is 4.13. The molecule has 0 radical (unpaired) electrons. The SMILES string of the molecule is C=CC(=O)N1CCC[C@H]1CN(CC)c1snc2c(F)c(-c3cc(O)cc4ccccc34)c(Cl)cc12. The number of phenols is 1. The summed E-state index contributed by atoms with van der Waals surface area (Å²) in [5.74, 6) is -0.526. The smallest absolute Gasteiger partial charge is 0.246 e. The van der Waals surface area contributed by atoms with Gasteiger partial charge in [0.25, 0.3) is 0 Å². The van der Waals surface area contributed by atoms with E-state index in [2.05, 4.69) is 15.9 Å². The number of likely N-dealkylation sites (tertiary alicyclic amines) is 1. The maximum atomic E-state index is 16.0. The van der Waals surface area contributed by atoms with Gasteiger partial charge < -0.3 is 14.9 Å². The van der Waals surface area contributed by atoms with Crippen LogP contribution >= 0.6 is 23.1 Å². The van der Waals surface area contributed by atoms with E-state index < -0.39 is 5.82 Å². The number of amides is 1. The van der Waals surface area contributed by atoms with Gasteiger partial charge in [-0.2, -0.15) is 4.37 Å². The Bertz CT molecular complexity index is 1450. The lowest BCUT2D eigenvalue weighted by Gasteiger charge is -2.30. The van der Waals surface area contributed by atoms with Gasteiger partial charge in [-0.25, -0.2) is 4.39 Å². The molecule has 0 bridgehead atoms. The molecule has 4 aromatic rings. The zero-order chi connectivity index (χ0) is 24.7. The van der Waals surface area contributed by atoms with Crippen molar-refractivity contribution in [1.29, 1.82) is 0 Å². The number of aromatic hydroxyl groups is 1. The third-order valence-electron chi connectivity index (χ3n) is 6.70. The minimum atomic E-state index is -0.508. The van der Waals surface area contributed by atoms with E-state index >= 15 is 4.39 Å². The van der Waals surface area contributed by atoms with E-state index in [0.29, 0.717) is 24.0 Å². The Labute approximate surface area is 212 Å². The Balaban J connectivity index is 1.58. The van der Waals surface area contributed by atoms with Gasteiger partial charge in [0.1, 0.15) is 16.3 Å². The number of aromatic nitrogens is 1. The van der Waals surface area contributed by atoms with E-state index in [0.717, 1.165) is 35.2 Å². The van der Waals surface area contributed by atoms with Crippen LogP contribution in [-0.4, -0.2) is 46.0 Å². The molecule has 1 N–H and O–H groups in total. The first-order chi connectivity index (χ1) is 16.9. The number of carbonyl (C=O) groups excluding carboxylic acids is 1. The lowest BCUT2D eigenvalue weighted by Crippen LogP contribution is -2.42. The van der Waals surface area contributed by atoms with E-state index in [-0.39, 0.29) is 33.8 Å². The van der Waals surface area contributed by atoms with Crippen molar-refractivity contribution in [2.75, 3.05) is 24.5 Å². The fraction of sp³-hybridized carbons (Fsp3) is 0.259. The normalized spacial score (nSPS) is 15.7. The highest BCUT2D eigenvalue weighted by molar-refractivity contribution is 7.11. The molecule has 5 rings (SSSR count). The second kappa shape index (κ2) is 9.47. The van der Waals surface area contributed by atoms with Crippen LogP contribution in [0.2, 0.25) is 5.02 Å². The lowest BCUT2D eigenvalue weighted by molar-refractivity contribution is -0.126. The van der Waals surface area contributed by atoms with Gasteiger partial charge in [0.2, 0.25) is 5.91 Å². The summed E-state index contributed by atoms with van der Waals surface area (Å²) in [5, 5.41) is 13.6. The fourth-order valence-corrected chi connectivity index (χ4v) is 6.24. The molecule has 0 spiro atoms. The zero-order valence-corrected chi connectivity index (χ0v) is 20.9. The first-order valence-corrected chi connectivity index (χ1v) is 12.8. The number of phenolic OH excluding ortho intramolecular Hbond substituents is 1. The number of nitrogens with zero attached hydrogens (tertiary/aromatic N) is 3. The molecule has 1 aromatic heterocycles. The van der Waals surface area contributed by atoms with Crippen molar-refractivity contribution in [2.24, 2.45) is 0 Å². The molecule has 3 aromatic carbocycles. The molecule has 180 valence electrons. The van der Waals surface area contributed by atoms with Gasteiger partial charge in [0, 0.05) is 36.6 Å². The quantitative estimate of drug-likeness (QED) is 0.297. The van der Waals surface area contributed by atoms with Crippen molar-refractivity contribution in [2.45, 2.75) is 25.8 Å². The minimum absolute atomic E-state index is 0.0422. The average molecular weight is 510 g/mol. The zero-order valence-electron chi connectivity index (χ0n) is 19.3. The fourth-order valence-electron chi connectivity index (χ4n) is 5.02. The minimum Gasteiger partial charge on any atom is -0.508 e. The summed E-state index contributed by atoms with van der Waals surface area (Å²) in [6.07, 6.45) is 3.22. The monoisotopic (exact) mass is 509 g/mol. The molecular formula is C27H25ClFN3O2S. The summed E-state index contributed by atoms with van der Waals surface area (Å²) in [5.41, 5.74) is 1.00. The number of carbonyl (C=O) groups is 1. The number of benzene rings is 3. The maximum Gasteiger partial charge on any atom is 0.246 e. The second-order valence-corrected chi connectivity index (χ2v) is 9.88. The molecule has 0 aliphatic carbocycles. The number of likely N-dealkylation sites (N-methyl/N-ethyl adjacent to an activating group) is 1. The van der Waals surface area contributed by atoms with Crippen LogP contribution in [0.25, 0.3) is 32.8 Å². The van der Waals surface area contributed by atoms with E-state index in [9.17, 15) is 9.90 Å². The number of halogens is 2. The molecule has 1 atom stereocenters. The van der Waals surface area contributed by atoms with Crippen molar-refractivity contribution < 1.29 is 14.3 Å². The molecule has 1 fully saturated rings. The Morgan fingerprint density at radius 3 is 2.91 bits per heavy atom. The highest BCUT2D eigenvalue weighted by Crippen LogP contribution is 2.43. The Hall–Kier alpha value is -3.16. The molecule has 0 unspecified atom stereocenters. The Morgan fingerprint density at radius 1 is 1.34 bits per heavy atom. The molecule has 8 heteroatoms. The van der Waals surface area contributed by atoms with Gasteiger partial charge in [-0.1, -0.05) is 42.4 Å². The molecule has 1 aliphatic rings. The summed E-state index contributed by atoms with van der Waals surface area (Å²) in [6, 6.07) is 12.5. The van der Waals surface area contributed by atoms with Crippen LogP contribution < -0.4 is 4.90 Å². The first-order valence-electron chi connectivity index (χ1n) is 11.6. The molecular weight excluding hydrogens is 485 g/mol. The predicted octanol–water partition coefficient (Wildman–Crippen LogP) is 6.62. The number of fused-ring (bicyclic) bond motifs is 2.